The number of nitriles is 5. The van der Waals surface area contributed by atoms with Gasteiger partial charge in [0.15, 0.2) is 5.41 Å². The smallest absolute Gasteiger partial charge is 0.177 e. The van der Waals surface area contributed by atoms with E-state index in [1.54, 1.807) is 24.3 Å². The summed E-state index contributed by atoms with van der Waals surface area (Å²) in [6.07, 6.45) is 0. The molecule has 0 aliphatic heterocycles. The molecule has 0 spiro atoms. The van der Waals surface area contributed by atoms with Crippen LogP contribution in [0.15, 0.2) is 70.3 Å². The van der Waals surface area contributed by atoms with Crippen LogP contribution >= 0.6 is 15.9 Å². The zero-order valence-electron chi connectivity index (χ0n) is 15.6. The van der Waals surface area contributed by atoms with Gasteiger partial charge < -0.3 is 5.32 Å². The molecule has 30 heavy (non-hydrogen) atoms. The Kier molecular flexibility index (Phi) is 5.58. The Morgan fingerprint density at radius 3 is 2.10 bits per heavy atom. The van der Waals surface area contributed by atoms with Crippen molar-refractivity contribution in [3.8, 4) is 30.3 Å². The summed E-state index contributed by atoms with van der Waals surface area (Å²) in [4.78, 5) is 0. The maximum absolute atomic E-state index is 10.2. The normalized spacial score (nSPS) is 20.2. The third-order valence-electron chi connectivity index (χ3n) is 5.30. The van der Waals surface area contributed by atoms with E-state index in [0.29, 0.717) is 5.56 Å². The highest BCUT2D eigenvalue weighted by Gasteiger charge is 2.82. The second-order valence-electron chi connectivity index (χ2n) is 6.75. The summed E-state index contributed by atoms with van der Waals surface area (Å²) in [5.41, 5.74) is -2.26. The molecule has 2 aromatic carbocycles. The van der Waals surface area contributed by atoms with Crippen LogP contribution in [0.25, 0.3) is 0 Å². The fourth-order valence-electron chi connectivity index (χ4n) is 3.89. The molecule has 0 unspecified atom stereocenters. The minimum atomic E-state index is -1.74. The van der Waals surface area contributed by atoms with Gasteiger partial charge in [-0.2, -0.15) is 26.3 Å². The van der Waals surface area contributed by atoms with E-state index >= 15 is 0 Å². The average Bonchev–Trinajstić information content (AvgIpc) is 3.40. The second-order valence-corrected chi connectivity index (χ2v) is 7.67. The number of hydrogen-bond donors (Lipinski definition) is 1. The molecule has 1 aliphatic rings. The van der Waals surface area contributed by atoms with E-state index in [1.165, 1.54) is 0 Å². The predicted octanol–water partition coefficient (Wildman–Crippen LogP) is 4.18. The SMILES string of the molecule is N#CC(C#N)=C(NCc1ccccc1)[C@@]1(C#N)[C@@H](c2cccc(Br)c2)C1(C#N)C#N. The lowest BCUT2D eigenvalue weighted by Gasteiger charge is -2.18. The van der Waals surface area contributed by atoms with Crippen LogP contribution in [-0.2, 0) is 6.54 Å². The van der Waals surface area contributed by atoms with E-state index in [-0.39, 0.29) is 17.8 Å². The van der Waals surface area contributed by atoms with E-state index in [4.69, 9.17) is 0 Å². The van der Waals surface area contributed by atoms with Gasteiger partial charge in [-0.05, 0) is 23.3 Å². The van der Waals surface area contributed by atoms with Crippen molar-refractivity contribution in [3.05, 3.63) is 81.5 Å². The van der Waals surface area contributed by atoms with Crippen LogP contribution in [0.2, 0.25) is 0 Å². The number of allylic oxidation sites excluding steroid dienone is 2. The molecular formula is C23H13BrN6. The molecule has 7 heteroatoms. The largest absolute Gasteiger partial charge is 0.381 e. The third kappa shape index (κ3) is 2.98. The van der Waals surface area contributed by atoms with Gasteiger partial charge in [0.1, 0.15) is 23.1 Å². The predicted molar refractivity (Wildman–Crippen MR) is 110 cm³/mol. The standard InChI is InChI=1S/C23H13BrN6/c24-19-8-4-7-17(9-19)20-22(13-27,14-28)23(20,15-29)21(18(10-25)11-26)30-12-16-5-2-1-3-6-16/h1-9,20,30H,12H2/t20-,23+/m0/s1. The van der Waals surface area contributed by atoms with Crippen LogP contribution in [0.5, 0.6) is 0 Å². The van der Waals surface area contributed by atoms with Gasteiger partial charge in [-0.15, -0.1) is 0 Å². The first kappa shape index (κ1) is 20.6. The Bertz CT molecular complexity index is 1200. The van der Waals surface area contributed by atoms with Crippen molar-refractivity contribution in [1.29, 1.82) is 26.3 Å². The van der Waals surface area contributed by atoms with E-state index in [0.717, 1.165) is 10.0 Å². The Morgan fingerprint density at radius 1 is 0.900 bits per heavy atom. The summed E-state index contributed by atoms with van der Waals surface area (Å²) in [5.74, 6) is -0.822. The highest BCUT2D eigenvalue weighted by Crippen LogP contribution is 2.76. The molecule has 142 valence electrons. The fourth-order valence-corrected chi connectivity index (χ4v) is 4.31. The van der Waals surface area contributed by atoms with Gasteiger partial charge in [0, 0.05) is 16.9 Å². The molecule has 0 amide bonds. The highest BCUT2D eigenvalue weighted by molar-refractivity contribution is 9.10. The minimum Gasteiger partial charge on any atom is -0.381 e. The van der Waals surface area contributed by atoms with E-state index in [1.807, 2.05) is 54.6 Å². The first-order valence-electron chi connectivity index (χ1n) is 8.86. The Morgan fingerprint density at radius 2 is 1.57 bits per heavy atom. The summed E-state index contributed by atoms with van der Waals surface area (Å²) in [6.45, 7) is 0.227. The molecule has 0 bridgehead atoms. The highest BCUT2D eigenvalue weighted by atomic mass is 79.9. The van der Waals surface area contributed by atoms with Gasteiger partial charge in [0.25, 0.3) is 0 Å². The van der Waals surface area contributed by atoms with Crippen LogP contribution < -0.4 is 5.32 Å². The van der Waals surface area contributed by atoms with Crippen LogP contribution in [-0.4, -0.2) is 0 Å². The molecule has 2 aromatic rings. The van der Waals surface area contributed by atoms with E-state index < -0.39 is 16.7 Å². The Labute approximate surface area is 182 Å². The molecule has 1 fully saturated rings. The van der Waals surface area contributed by atoms with Crippen molar-refractivity contribution in [1.82, 2.24) is 5.32 Å². The summed E-state index contributed by atoms with van der Waals surface area (Å²) in [7, 11) is 0. The van der Waals surface area contributed by atoms with Crippen LogP contribution in [0.3, 0.4) is 0 Å². The summed E-state index contributed by atoms with van der Waals surface area (Å²) in [6, 6.07) is 26.0. The van der Waals surface area contributed by atoms with Crippen molar-refractivity contribution >= 4 is 15.9 Å². The van der Waals surface area contributed by atoms with Gasteiger partial charge in [-0.1, -0.05) is 58.4 Å². The molecule has 3 rings (SSSR count). The lowest BCUT2D eigenvalue weighted by molar-refractivity contribution is 0.592. The molecule has 1 aliphatic carbocycles. The number of halogens is 1. The van der Waals surface area contributed by atoms with Crippen LogP contribution in [0, 0.1) is 67.5 Å². The first-order chi connectivity index (χ1) is 14.5. The van der Waals surface area contributed by atoms with Gasteiger partial charge >= 0.3 is 0 Å². The molecule has 6 nitrogen and oxygen atoms in total. The van der Waals surface area contributed by atoms with Gasteiger partial charge in [0.05, 0.1) is 23.9 Å². The van der Waals surface area contributed by atoms with Crippen molar-refractivity contribution in [2.75, 3.05) is 0 Å². The molecule has 0 aromatic heterocycles. The van der Waals surface area contributed by atoms with E-state index in [9.17, 15) is 26.3 Å². The lowest BCUT2D eigenvalue weighted by atomic mass is 9.89. The zero-order valence-corrected chi connectivity index (χ0v) is 17.2. The molecule has 0 saturated heterocycles. The van der Waals surface area contributed by atoms with Gasteiger partial charge in [-0.3, -0.25) is 0 Å². The summed E-state index contributed by atoms with van der Waals surface area (Å²) in [5, 5.41) is 52.2. The molecule has 1 N–H and O–H groups in total. The maximum Gasteiger partial charge on any atom is 0.177 e. The Balaban J connectivity index is 2.19. The summed E-state index contributed by atoms with van der Waals surface area (Å²) < 4.78 is 0.729. The molecule has 2 atom stereocenters. The molecule has 0 heterocycles. The second kappa shape index (κ2) is 8.11. The Hall–Kier alpha value is -4.09. The molecule has 1 saturated carbocycles. The van der Waals surface area contributed by atoms with Crippen molar-refractivity contribution in [3.63, 3.8) is 0 Å². The maximum atomic E-state index is 10.2. The van der Waals surface area contributed by atoms with Crippen molar-refractivity contribution < 1.29 is 0 Å². The number of benzene rings is 2. The number of nitrogens with zero attached hydrogens (tertiary/aromatic N) is 5. The zero-order chi connectivity index (χ0) is 21.8. The van der Waals surface area contributed by atoms with Crippen molar-refractivity contribution in [2.45, 2.75) is 12.5 Å². The average molecular weight is 453 g/mol. The minimum absolute atomic E-state index is 0.00642. The molecule has 0 radical (unpaired) electrons. The summed E-state index contributed by atoms with van der Waals surface area (Å²) >= 11 is 3.37. The van der Waals surface area contributed by atoms with E-state index in [2.05, 4.69) is 27.3 Å². The van der Waals surface area contributed by atoms with Crippen LogP contribution in [0.4, 0.5) is 0 Å². The third-order valence-corrected chi connectivity index (χ3v) is 5.79. The van der Waals surface area contributed by atoms with Crippen molar-refractivity contribution in [2.24, 2.45) is 10.8 Å². The quantitative estimate of drug-likeness (QED) is 0.676. The topological polar surface area (TPSA) is 131 Å². The molecular weight excluding hydrogens is 440 g/mol. The van der Waals surface area contributed by atoms with Gasteiger partial charge in [-0.25, -0.2) is 0 Å². The fraction of sp³-hybridized carbons (Fsp3) is 0.174. The van der Waals surface area contributed by atoms with Crippen LogP contribution in [0.1, 0.15) is 17.0 Å². The number of nitrogens with one attached hydrogen (secondary N) is 1. The first-order valence-corrected chi connectivity index (χ1v) is 9.66. The lowest BCUT2D eigenvalue weighted by Crippen LogP contribution is -2.26. The monoisotopic (exact) mass is 452 g/mol. The number of hydrogen-bond acceptors (Lipinski definition) is 6. The van der Waals surface area contributed by atoms with Gasteiger partial charge in [0.2, 0.25) is 0 Å². The number of rotatable bonds is 5.